The first kappa shape index (κ1) is 15.8. The monoisotopic (exact) mass is 304 g/mol. The quantitative estimate of drug-likeness (QED) is 0.913. The van der Waals surface area contributed by atoms with Gasteiger partial charge in [0, 0.05) is 23.9 Å². The smallest absolute Gasteiger partial charge is 0.404 e. The standard InChI is InChI=1S/C15H20N4O3/c1-15(2,3)11(22-14(16)20)10-21-13-7-4-6-12(18-13)19-9-5-8-17-19/h4-9,11H,10H2,1-3H3,(H2,16,20). The van der Waals surface area contributed by atoms with Crippen molar-refractivity contribution >= 4 is 6.09 Å². The molecule has 2 rings (SSSR count). The molecule has 0 fully saturated rings. The second kappa shape index (κ2) is 6.46. The van der Waals surface area contributed by atoms with Crippen molar-refractivity contribution in [1.82, 2.24) is 14.8 Å². The van der Waals surface area contributed by atoms with Gasteiger partial charge in [-0.1, -0.05) is 26.8 Å². The van der Waals surface area contributed by atoms with Gasteiger partial charge in [-0.15, -0.1) is 0 Å². The number of carbonyl (C=O) groups excluding carboxylic acids is 1. The Hall–Kier alpha value is -2.57. The highest BCUT2D eigenvalue weighted by Crippen LogP contribution is 2.23. The van der Waals surface area contributed by atoms with Crippen LogP contribution in [0.4, 0.5) is 4.79 Å². The molecule has 0 bridgehead atoms. The van der Waals surface area contributed by atoms with Gasteiger partial charge in [0.25, 0.3) is 0 Å². The highest BCUT2D eigenvalue weighted by atomic mass is 16.6. The van der Waals surface area contributed by atoms with Gasteiger partial charge in [-0.25, -0.2) is 9.48 Å². The molecule has 2 N–H and O–H groups in total. The Labute approximate surface area is 129 Å². The lowest BCUT2D eigenvalue weighted by molar-refractivity contribution is 0.00476. The molecular formula is C15H20N4O3. The van der Waals surface area contributed by atoms with Crippen LogP contribution in [0.1, 0.15) is 20.8 Å². The van der Waals surface area contributed by atoms with Crippen molar-refractivity contribution in [1.29, 1.82) is 0 Å². The van der Waals surface area contributed by atoms with E-state index in [4.69, 9.17) is 15.2 Å². The van der Waals surface area contributed by atoms with E-state index >= 15 is 0 Å². The van der Waals surface area contributed by atoms with Crippen LogP contribution in [0.25, 0.3) is 5.82 Å². The van der Waals surface area contributed by atoms with Crippen LogP contribution >= 0.6 is 0 Å². The zero-order chi connectivity index (χ0) is 16.2. The minimum Gasteiger partial charge on any atom is -0.474 e. The summed E-state index contributed by atoms with van der Waals surface area (Å²) >= 11 is 0. The largest absolute Gasteiger partial charge is 0.474 e. The third-order valence-corrected chi connectivity index (χ3v) is 3.05. The third kappa shape index (κ3) is 4.21. The lowest BCUT2D eigenvalue weighted by atomic mass is 9.89. The predicted molar refractivity (Wildman–Crippen MR) is 80.8 cm³/mol. The molecule has 0 saturated carbocycles. The van der Waals surface area contributed by atoms with Gasteiger partial charge in [0.2, 0.25) is 5.88 Å². The van der Waals surface area contributed by atoms with Crippen LogP contribution in [0.5, 0.6) is 5.88 Å². The van der Waals surface area contributed by atoms with Gasteiger partial charge < -0.3 is 15.2 Å². The molecule has 1 unspecified atom stereocenters. The fourth-order valence-electron chi connectivity index (χ4n) is 1.78. The molecular weight excluding hydrogens is 284 g/mol. The van der Waals surface area contributed by atoms with Gasteiger partial charge in [-0.2, -0.15) is 10.1 Å². The van der Waals surface area contributed by atoms with Crippen molar-refractivity contribution in [2.45, 2.75) is 26.9 Å². The highest BCUT2D eigenvalue weighted by Gasteiger charge is 2.28. The molecule has 0 spiro atoms. The average Bonchev–Trinajstić information content (AvgIpc) is 2.96. The summed E-state index contributed by atoms with van der Waals surface area (Å²) in [5.41, 5.74) is 4.81. The molecule has 118 valence electrons. The maximum absolute atomic E-state index is 11.0. The van der Waals surface area contributed by atoms with E-state index in [1.54, 1.807) is 23.1 Å². The zero-order valence-corrected chi connectivity index (χ0v) is 12.9. The summed E-state index contributed by atoms with van der Waals surface area (Å²) in [6.45, 7) is 5.99. The summed E-state index contributed by atoms with van der Waals surface area (Å²) in [4.78, 5) is 15.3. The second-order valence-corrected chi connectivity index (χ2v) is 5.89. The Bertz CT molecular complexity index is 620. The number of nitrogens with zero attached hydrogens (tertiary/aromatic N) is 3. The molecule has 0 radical (unpaired) electrons. The fourth-order valence-corrected chi connectivity index (χ4v) is 1.78. The van der Waals surface area contributed by atoms with E-state index in [1.165, 1.54) is 0 Å². The van der Waals surface area contributed by atoms with Gasteiger partial charge in [-0.05, 0) is 12.1 Å². The number of hydrogen-bond acceptors (Lipinski definition) is 5. The summed E-state index contributed by atoms with van der Waals surface area (Å²) in [7, 11) is 0. The summed E-state index contributed by atoms with van der Waals surface area (Å²) < 4.78 is 12.4. The molecule has 1 atom stereocenters. The molecule has 7 heteroatoms. The third-order valence-electron chi connectivity index (χ3n) is 3.05. The van der Waals surface area contributed by atoms with Gasteiger partial charge >= 0.3 is 6.09 Å². The predicted octanol–water partition coefficient (Wildman–Crippen LogP) is 2.16. The Morgan fingerprint density at radius 2 is 2.14 bits per heavy atom. The van der Waals surface area contributed by atoms with Crippen molar-refractivity contribution in [3.8, 4) is 11.7 Å². The van der Waals surface area contributed by atoms with Crippen LogP contribution in [0.3, 0.4) is 0 Å². The van der Waals surface area contributed by atoms with E-state index < -0.39 is 12.2 Å². The molecule has 0 aliphatic heterocycles. The molecule has 22 heavy (non-hydrogen) atoms. The number of aromatic nitrogens is 3. The maximum atomic E-state index is 11.0. The Balaban J connectivity index is 2.07. The van der Waals surface area contributed by atoms with Crippen LogP contribution in [-0.4, -0.2) is 33.6 Å². The lowest BCUT2D eigenvalue weighted by Gasteiger charge is -2.29. The van der Waals surface area contributed by atoms with Crippen molar-refractivity contribution in [2.24, 2.45) is 11.1 Å². The maximum Gasteiger partial charge on any atom is 0.404 e. The minimum absolute atomic E-state index is 0.169. The van der Waals surface area contributed by atoms with Crippen molar-refractivity contribution in [3.05, 3.63) is 36.7 Å². The number of hydrogen-bond donors (Lipinski definition) is 1. The number of ether oxygens (including phenoxy) is 2. The summed E-state index contributed by atoms with van der Waals surface area (Å²) in [6.07, 6.45) is 2.17. The first-order valence-electron chi connectivity index (χ1n) is 6.92. The summed E-state index contributed by atoms with van der Waals surface area (Å²) in [5, 5.41) is 4.11. The van der Waals surface area contributed by atoms with Gasteiger partial charge in [0.15, 0.2) is 5.82 Å². The topological polar surface area (TPSA) is 92.3 Å². The van der Waals surface area contributed by atoms with Crippen molar-refractivity contribution in [2.75, 3.05) is 6.61 Å². The van der Waals surface area contributed by atoms with E-state index in [-0.39, 0.29) is 12.0 Å². The normalized spacial score (nSPS) is 12.7. The van der Waals surface area contributed by atoms with E-state index in [1.807, 2.05) is 39.0 Å². The number of rotatable bonds is 5. The lowest BCUT2D eigenvalue weighted by Crippen LogP contribution is -2.38. The Morgan fingerprint density at radius 3 is 2.73 bits per heavy atom. The summed E-state index contributed by atoms with van der Waals surface area (Å²) in [5.74, 6) is 1.07. The molecule has 1 amide bonds. The van der Waals surface area contributed by atoms with Crippen molar-refractivity contribution in [3.63, 3.8) is 0 Å². The molecule has 2 heterocycles. The SMILES string of the molecule is CC(C)(C)C(COc1cccc(-n2cccn2)n1)OC(N)=O. The van der Waals surface area contributed by atoms with E-state index in [2.05, 4.69) is 10.1 Å². The Morgan fingerprint density at radius 1 is 1.36 bits per heavy atom. The molecule has 0 saturated heterocycles. The first-order chi connectivity index (χ1) is 10.4. The summed E-state index contributed by atoms with van der Waals surface area (Å²) in [6, 6.07) is 7.18. The average molecular weight is 304 g/mol. The van der Waals surface area contributed by atoms with E-state index in [0.29, 0.717) is 11.7 Å². The van der Waals surface area contributed by atoms with Crippen LogP contribution in [0.15, 0.2) is 36.7 Å². The van der Waals surface area contributed by atoms with E-state index in [9.17, 15) is 4.79 Å². The Kier molecular flexibility index (Phi) is 4.65. The van der Waals surface area contributed by atoms with Crippen LogP contribution in [0, 0.1) is 5.41 Å². The highest BCUT2D eigenvalue weighted by molar-refractivity contribution is 5.64. The van der Waals surface area contributed by atoms with Gasteiger partial charge in [-0.3, -0.25) is 0 Å². The number of primary amides is 1. The first-order valence-corrected chi connectivity index (χ1v) is 6.92. The fraction of sp³-hybridized carbons (Fsp3) is 0.400. The number of pyridine rings is 1. The van der Waals surface area contributed by atoms with Crippen LogP contribution in [-0.2, 0) is 4.74 Å². The molecule has 7 nitrogen and oxygen atoms in total. The van der Waals surface area contributed by atoms with Gasteiger partial charge in [0.05, 0.1) is 0 Å². The van der Waals surface area contributed by atoms with Gasteiger partial charge in [0.1, 0.15) is 12.7 Å². The van der Waals surface area contributed by atoms with Crippen LogP contribution < -0.4 is 10.5 Å². The molecule has 2 aromatic rings. The van der Waals surface area contributed by atoms with Crippen LogP contribution in [0.2, 0.25) is 0 Å². The minimum atomic E-state index is -0.818. The molecule has 0 aromatic carbocycles. The van der Waals surface area contributed by atoms with Crippen molar-refractivity contribution < 1.29 is 14.3 Å². The molecule has 0 aliphatic carbocycles. The molecule has 2 aromatic heterocycles. The second-order valence-electron chi connectivity index (χ2n) is 5.89. The number of nitrogens with two attached hydrogens (primary N) is 1. The molecule has 0 aliphatic rings. The zero-order valence-electron chi connectivity index (χ0n) is 12.9. The van der Waals surface area contributed by atoms with E-state index in [0.717, 1.165) is 0 Å². The number of amides is 1. The number of carbonyl (C=O) groups is 1.